The Morgan fingerprint density at radius 1 is 1.31 bits per heavy atom. The minimum atomic E-state index is -0.725. The summed E-state index contributed by atoms with van der Waals surface area (Å²) in [5.41, 5.74) is 4.26. The van der Waals surface area contributed by atoms with Crippen LogP contribution >= 0.6 is 0 Å². The summed E-state index contributed by atoms with van der Waals surface area (Å²) in [4.78, 5) is 10.0. The van der Waals surface area contributed by atoms with Gasteiger partial charge in [0.05, 0.1) is 0 Å². The quantitative estimate of drug-likeness (QED) is 0.728. The highest BCUT2D eigenvalue weighted by molar-refractivity contribution is 5.65. The van der Waals surface area contributed by atoms with E-state index < -0.39 is 11.7 Å². The van der Waals surface area contributed by atoms with E-state index in [1.165, 1.54) is 32.1 Å². The third-order valence-electron chi connectivity index (χ3n) is 2.39. The molecule has 1 aliphatic rings. The largest absolute Gasteiger partial charge is 0.444 e. The summed E-state index contributed by atoms with van der Waals surface area (Å²) < 4.78 is 4.58. The van der Waals surface area contributed by atoms with Crippen molar-refractivity contribution in [3.8, 4) is 0 Å². The lowest BCUT2D eigenvalue weighted by Crippen LogP contribution is -2.27. The zero-order valence-corrected chi connectivity index (χ0v) is 10.7. The number of rotatable bonds is 1. The van der Waals surface area contributed by atoms with Crippen molar-refractivity contribution in [2.45, 2.75) is 58.5 Å². The Labute approximate surface area is 98.2 Å². The summed E-state index contributed by atoms with van der Waals surface area (Å²) in [6.45, 7) is 5.70. The molecule has 0 aromatic heterocycles. The predicted molar refractivity (Wildman–Crippen MR) is 64.1 cm³/mol. The summed E-state index contributed by atoms with van der Waals surface area (Å²) in [7, 11) is 0. The highest BCUT2D eigenvalue weighted by Gasteiger charge is 2.12. The first-order valence-corrected chi connectivity index (χ1v) is 5.94. The molecule has 1 aliphatic carbocycles. The molecule has 1 rings (SSSR count). The normalized spacial score (nSPS) is 17.2. The molecule has 3 N–H and O–H groups in total. The van der Waals surface area contributed by atoms with Crippen molar-refractivity contribution in [3.63, 3.8) is 0 Å². The molecule has 4 heteroatoms. The van der Waals surface area contributed by atoms with Gasteiger partial charge < -0.3 is 15.6 Å². The summed E-state index contributed by atoms with van der Waals surface area (Å²) >= 11 is 0. The fourth-order valence-electron chi connectivity index (χ4n) is 1.67. The molecule has 0 aliphatic heterocycles. The first-order chi connectivity index (χ1) is 7.35. The number of amides is 1. The molecule has 0 saturated heterocycles. The van der Waals surface area contributed by atoms with Crippen molar-refractivity contribution in [2.75, 3.05) is 6.61 Å². The molecule has 0 bridgehead atoms. The van der Waals surface area contributed by atoms with Crippen molar-refractivity contribution < 1.29 is 14.6 Å². The minimum absolute atomic E-state index is 0.417. The molecule has 1 amide bonds. The molecule has 96 valence electrons. The molecule has 1 saturated carbocycles. The molecule has 0 unspecified atom stereocenters. The fraction of sp³-hybridized carbons (Fsp3) is 0.917. The van der Waals surface area contributed by atoms with Gasteiger partial charge in [-0.3, -0.25) is 0 Å². The Balaban J connectivity index is 0.000000281. The van der Waals surface area contributed by atoms with Crippen LogP contribution in [0.3, 0.4) is 0 Å². The van der Waals surface area contributed by atoms with Crippen molar-refractivity contribution >= 4 is 6.09 Å². The molecule has 0 atom stereocenters. The van der Waals surface area contributed by atoms with Gasteiger partial charge in [0.2, 0.25) is 0 Å². The molecular formula is C12H25NO3. The zero-order chi connectivity index (χ0) is 12.6. The number of aliphatic hydroxyl groups excluding tert-OH is 1. The Morgan fingerprint density at radius 3 is 2.00 bits per heavy atom. The third-order valence-corrected chi connectivity index (χ3v) is 2.39. The van der Waals surface area contributed by atoms with Gasteiger partial charge in [0.1, 0.15) is 5.60 Å². The Morgan fingerprint density at radius 2 is 1.81 bits per heavy atom. The maximum atomic E-state index is 10.0. The van der Waals surface area contributed by atoms with E-state index in [9.17, 15) is 4.79 Å². The van der Waals surface area contributed by atoms with Crippen molar-refractivity contribution in [1.29, 1.82) is 0 Å². The zero-order valence-electron chi connectivity index (χ0n) is 10.7. The molecule has 4 nitrogen and oxygen atoms in total. The summed E-state index contributed by atoms with van der Waals surface area (Å²) in [6, 6.07) is 0. The van der Waals surface area contributed by atoms with Crippen LogP contribution < -0.4 is 5.73 Å². The number of primary amides is 1. The fourth-order valence-corrected chi connectivity index (χ4v) is 1.67. The smallest absolute Gasteiger partial charge is 0.405 e. The van der Waals surface area contributed by atoms with E-state index in [0.717, 1.165) is 0 Å². The van der Waals surface area contributed by atoms with Gasteiger partial charge in [0.25, 0.3) is 0 Å². The van der Waals surface area contributed by atoms with Crippen molar-refractivity contribution in [1.82, 2.24) is 0 Å². The SMILES string of the molecule is CC(C)(C)OC(N)=O.OCC1CCCCC1. The Bertz CT molecular complexity index is 193. The number of carbonyl (C=O) groups excluding carboxylic acids is 1. The van der Waals surface area contributed by atoms with Gasteiger partial charge >= 0.3 is 6.09 Å². The van der Waals surface area contributed by atoms with Crippen LogP contribution in [0.15, 0.2) is 0 Å². The average Bonchev–Trinajstić information content (AvgIpc) is 2.16. The highest BCUT2D eigenvalue weighted by Crippen LogP contribution is 2.22. The lowest BCUT2D eigenvalue weighted by atomic mass is 9.90. The summed E-state index contributed by atoms with van der Waals surface area (Å²) in [5.74, 6) is 0.642. The Kier molecular flexibility index (Phi) is 7.13. The van der Waals surface area contributed by atoms with Crippen LogP contribution in [-0.4, -0.2) is 23.4 Å². The van der Waals surface area contributed by atoms with E-state index in [-0.39, 0.29) is 0 Å². The first kappa shape index (κ1) is 15.2. The maximum absolute atomic E-state index is 10.0. The van der Waals surface area contributed by atoms with Gasteiger partial charge in [-0.25, -0.2) is 4.79 Å². The van der Waals surface area contributed by atoms with Gasteiger partial charge in [0, 0.05) is 6.61 Å². The number of hydrogen-bond donors (Lipinski definition) is 2. The predicted octanol–water partition coefficient (Wildman–Crippen LogP) is 2.44. The van der Waals surface area contributed by atoms with Gasteiger partial charge in [-0.15, -0.1) is 0 Å². The number of ether oxygens (including phenoxy) is 1. The van der Waals surface area contributed by atoms with Crippen LogP contribution in [0.4, 0.5) is 4.79 Å². The van der Waals surface area contributed by atoms with Gasteiger partial charge in [-0.1, -0.05) is 19.3 Å². The first-order valence-electron chi connectivity index (χ1n) is 5.94. The van der Waals surface area contributed by atoms with Gasteiger partial charge in [0.15, 0.2) is 0 Å². The van der Waals surface area contributed by atoms with Crippen LogP contribution in [0, 0.1) is 5.92 Å². The van der Waals surface area contributed by atoms with E-state index in [4.69, 9.17) is 10.8 Å². The molecular weight excluding hydrogens is 206 g/mol. The van der Waals surface area contributed by atoms with Gasteiger partial charge in [-0.2, -0.15) is 0 Å². The van der Waals surface area contributed by atoms with E-state index in [2.05, 4.69) is 4.74 Å². The van der Waals surface area contributed by atoms with Crippen molar-refractivity contribution in [3.05, 3.63) is 0 Å². The second-order valence-electron chi connectivity index (χ2n) is 5.22. The second-order valence-corrected chi connectivity index (χ2v) is 5.22. The molecule has 0 aromatic carbocycles. The molecule has 1 fully saturated rings. The Hall–Kier alpha value is -0.770. The third kappa shape index (κ3) is 9.77. The second kappa shape index (κ2) is 7.49. The van der Waals surface area contributed by atoms with E-state index >= 15 is 0 Å². The van der Waals surface area contributed by atoms with Crippen LogP contribution in [0.2, 0.25) is 0 Å². The van der Waals surface area contributed by atoms with Crippen LogP contribution in [-0.2, 0) is 4.74 Å². The molecule has 0 heterocycles. The molecule has 16 heavy (non-hydrogen) atoms. The lowest BCUT2D eigenvalue weighted by Gasteiger charge is -2.18. The van der Waals surface area contributed by atoms with Crippen molar-refractivity contribution in [2.24, 2.45) is 11.7 Å². The summed E-state index contributed by atoms with van der Waals surface area (Å²) in [6.07, 6.45) is 5.86. The van der Waals surface area contributed by atoms with Crippen LogP contribution in [0.1, 0.15) is 52.9 Å². The van der Waals surface area contributed by atoms with E-state index in [1.807, 2.05) is 0 Å². The summed E-state index contributed by atoms with van der Waals surface area (Å²) in [5, 5.41) is 8.69. The number of carbonyl (C=O) groups is 1. The standard InChI is InChI=1S/C7H14O.C5H11NO2/c8-6-7-4-2-1-3-5-7;1-5(2,3)8-4(6)7/h7-8H,1-6H2;1-3H3,(H2,6,7). The number of hydrogen-bond acceptors (Lipinski definition) is 3. The number of aliphatic hydroxyl groups is 1. The minimum Gasteiger partial charge on any atom is -0.444 e. The highest BCUT2D eigenvalue weighted by atomic mass is 16.6. The average molecular weight is 231 g/mol. The molecule has 0 aromatic rings. The monoisotopic (exact) mass is 231 g/mol. The van der Waals surface area contributed by atoms with Gasteiger partial charge in [-0.05, 0) is 39.5 Å². The maximum Gasteiger partial charge on any atom is 0.405 e. The van der Waals surface area contributed by atoms with E-state index in [0.29, 0.717) is 12.5 Å². The van der Waals surface area contributed by atoms with Crippen LogP contribution in [0.25, 0.3) is 0 Å². The topological polar surface area (TPSA) is 72.5 Å². The molecule has 0 radical (unpaired) electrons. The molecule has 0 spiro atoms. The lowest BCUT2D eigenvalue weighted by molar-refractivity contribution is 0.0600. The van der Waals surface area contributed by atoms with E-state index in [1.54, 1.807) is 20.8 Å². The van der Waals surface area contributed by atoms with Crippen LogP contribution in [0.5, 0.6) is 0 Å². The number of nitrogens with two attached hydrogens (primary N) is 1.